The Hall–Kier alpha value is -4.24. The van der Waals surface area contributed by atoms with Gasteiger partial charge in [0.1, 0.15) is 24.0 Å². The van der Waals surface area contributed by atoms with E-state index in [1.165, 1.54) is 6.08 Å². The lowest BCUT2D eigenvalue weighted by molar-refractivity contribution is -0.112. The van der Waals surface area contributed by atoms with Gasteiger partial charge in [-0.25, -0.2) is 0 Å². The van der Waals surface area contributed by atoms with E-state index in [4.69, 9.17) is 14.2 Å². The Morgan fingerprint density at radius 3 is 2.50 bits per heavy atom. The molecule has 0 unspecified atom stereocenters. The van der Waals surface area contributed by atoms with Gasteiger partial charge in [0.2, 0.25) is 0 Å². The molecule has 0 radical (unpaired) electrons. The number of nitriles is 1. The summed E-state index contributed by atoms with van der Waals surface area (Å²) < 4.78 is 17.3. The van der Waals surface area contributed by atoms with Gasteiger partial charge in [-0.15, -0.1) is 0 Å². The minimum Gasteiger partial charge on any atom is -0.491 e. The van der Waals surface area contributed by atoms with E-state index in [-0.39, 0.29) is 11.7 Å². The number of nitrogens with one attached hydrogen (secondary N) is 1. The summed E-state index contributed by atoms with van der Waals surface area (Å²) in [5.41, 5.74) is 2.21. The van der Waals surface area contributed by atoms with Crippen LogP contribution < -0.4 is 19.5 Å². The number of rotatable bonds is 10. The van der Waals surface area contributed by atoms with E-state index in [1.807, 2.05) is 63.2 Å². The highest BCUT2D eigenvalue weighted by atomic mass is 16.5. The quantitative estimate of drug-likeness (QED) is 0.299. The minimum atomic E-state index is -0.508. The zero-order chi connectivity index (χ0) is 24.3. The summed E-state index contributed by atoms with van der Waals surface area (Å²) in [4.78, 5) is 12.7. The average Bonchev–Trinajstić information content (AvgIpc) is 2.82. The van der Waals surface area contributed by atoms with Gasteiger partial charge in [0.15, 0.2) is 11.5 Å². The zero-order valence-corrected chi connectivity index (χ0v) is 19.6. The number of ether oxygens (including phenoxy) is 3. The van der Waals surface area contributed by atoms with Gasteiger partial charge in [-0.2, -0.15) is 5.26 Å². The van der Waals surface area contributed by atoms with E-state index in [0.717, 1.165) is 5.56 Å². The fourth-order valence-electron chi connectivity index (χ4n) is 3.17. The van der Waals surface area contributed by atoms with Crippen molar-refractivity contribution in [3.63, 3.8) is 0 Å². The molecule has 1 amide bonds. The third kappa shape index (κ3) is 7.14. The number of carbonyl (C=O) groups excluding carboxylic acids is 1. The van der Waals surface area contributed by atoms with Crippen LogP contribution in [0.25, 0.3) is 6.08 Å². The Bertz CT molecular complexity index is 1180. The van der Waals surface area contributed by atoms with Crippen LogP contribution in [-0.2, 0) is 11.4 Å². The number of benzene rings is 3. The first-order chi connectivity index (χ1) is 16.5. The number of carbonyl (C=O) groups is 1. The molecule has 0 aromatic heterocycles. The molecule has 0 atom stereocenters. The van der Waals surface area contributed by atoms with E-state index in [0.29, 0.717) is 41.7 Å². The number of anilines is 1. The minimum absolute atomic E-state index is 0.0136. The van der Waals surface area contributed by atoms with Gasteiger partial charge >= 0.3 is 0 Å². The molecule has 0 bridgehead atoms. The molecule has 0 heterocycles. The SMILES string of the molecule is CCOc1cc(/C=C(/C#N)C(=O)Nc2cccc(OC(C)C)c2)ccc1OCc1ccccc1. The zero-order valence-electron chi connectivity index (χ0n) is 19.6. The lowest BCUT2D eigenvalue weighted by Gasteiger charge is -2.13. The van der Waals surface area contributed by atoms with Gasteiger partial charge in [-0.05, 0) is 62.2 Å². The normalized spacial score (nSPS) is 11.0. The van der Waals surface area contributed by atoms with Crippen molar-refractivity contribution in [2.75, 3.05) is 11.9 Å². The van der Waals surface area contributed by atoms with E-state index < -0.39 is 5.91 Å². The smallest absolute Gasteiger partial charge is 0.266 e. The molecule has 34 heavy (non-hydrogen) atoms. The summed E-state index contributed by atoms with van der Waals surface area (Å²) in [6.45, 7) is 6.60. The number of hydrogen-bond donors (Lipinski definition) is 1. The fraction of sp³-hybridized carbons (Fsp3) is 0.214. The number of nitrogens with zero attached hydrogens (tertiary/aromatic N) is 1. The Balaban J connectivity index is 1.76. The summed E-state index contributed by atoms with van der Waals surface area (Å²) in [6.07, 6.45) is 1.53. The fourth-order valence-corrected chi connectivity index (χ4v) is 3.17. The molecule has 3 aromatic rings. The molecule has 0 aliphatic heterocycles. The van der Waals surface area contributed by atoms with Crippen molar-refractivity contribution >= 4 is 17.7 Å². The van der Waals surface area contributed by atoms with Crippen LogP contribution in [0, 0.1) is 11.3 Å². The maximum absolute atomic E-state index is 12.7. The number of hydrogen-bond acceptors (Lipinski definition) is 5. The van der Waals surface area contributed by atoms with E-state index >= 15 is 0 Å². The molecule has 3 rings (SSSR count). The maximum Gasteiger partial charge on any atom is 0.266 e. The van der Waals surface area contributed by atoms with Crippen LogP contribution >= 0.6 is 0 Å². The predicted octanol–water partition coefficient (Wildman–Crippen LogP) is 6.00. The molecule has 174 valence electrons. The average molecular weight is 457 g/mol. The Kier molecular flexibility index (Phi) is 8.70. The van der Waals surface area contributed by atoms with Crippen LogP contribution in [0.5, 0.6) is 17.2 Å². The molecule has 0 fully saturated rings. The highest BCUT2D eigenvalue weighted by Gasteiger charge is 2.12. The molecular formula is C28H28N2O4. The van der Waals surface area contributed by atoms with Gasteiger partial charge < -0.3 is 19.5 Å². The van der Waals surface area contributed by atoms with Crippen molar-refractivity contribution in [2.45, 2.75) is 33.5 Å². The van der Waals surface area contributed by atoms with Crippen LogP contribution in [0.1, 0.15) is 31.9 Å². The van der Waals surface area contributed by atoms with E-state index in [2.05, 4.69) is 5.32 Å². The second-order valence-corrected chi connectivity index (χ2v) is 7.73. The van der Waals surface area contributed by atoms with Crippen molar-refractivity contribution in [3.8, 4) is 23.3 Å². The molecule has 3 aromatic carbocycles. The van der Waals surface area contributed by atoms with Crippen molar-refractivity contribution in [3.05, 3.63) is 89.5 Å². The Labute approximate surface area is 200 Å². The summed E-state index contributed by atoms with van der Waals surface area (Å²) in [5, 5.41) is 12.3. The topological polar surface area (TPSA) is 80.6 Å². The molecule has 6 heteroatoms. The second-order valence-electron chi connectivity index (χ2n) is 7.73. The highest BCUT2D eigenvalue weighted by molar-refractivity contribution is 6.09. The van der Waals surface area contributed by atoms with Crippen molar-refractivity contribution < 1.29 is 19.0 Å². The largest absolute Gasteiger partial charge is 0.491 e. The van der Waals surface area contributed by atoms with Gasteiger partial charge in [-0.1, -0.05) is 42.5 Å². The first-order valence-electron chi connectivity index (χ1n) is 11.1. The molecule has 0 saturated heterocycles. The molecule has 0 aliphatic carbocycles. The third-order valence-electron chi connectivity index (χ3n) is 4.64. The molecule has 0 aliphatic rings. The van der Waals surface area contributed by atoms with Crippen LogP contribution in [-0.4, -0.2) is 18.6 Å². The molecular weight excluding hydrogens is 428 g/mol. The van der Waals surface area contributed by atoms with Crippen LogP contribution in [0.4, 0.5) is 5.69 Å². The first-order valence-corrected chi connectivity index (χ1v) is 11.1. The predicted molar refractivity (Wildman–Crippen MR) is 133 cm³/mol. The molecule has 1 N–H and O–H groups in total. The molecule has 6 nitrogen and oxygen atoms in total. The van der Waals surface area contributed by atoms with Gasteiger partial charge in [0.05, 0.1) is 12.7 Å². The van der Waals surface area contributed by atoms with Gasteiger partial charge in [0.25, 0.3) is 5.91 Å². The maximum atomic E-state index is 12.7. The van der Waals surface area contributed by atoms with Crippen LogP contribution in [0.2, 0.25) is 0 Å². The van der Waals surface area contributed by atoms with E-state index in [9.17, 15) is 10.1 Å². The summed E-state index contributed by atoms with van der Waals surface area (Å²) in [5.74, 6) is 1.27. The second kappa shape index (κ2) is 12.1. The monoisotopic (exact) mass is 456 g/mol. The molecule has 0 spiro atoms. The van der Waals surface area contributed by atoms with Gasteiger partial charge in [-0.3, -0.25) is 4.79 Å². The van der Waals surface area contributed by atoms with Crippen molar-refractivity contribution in [1.29, 1.82) is 5.26 Å². The number of amides is 1. The van der Waals surface area contributed by atoms with Gasteiger partial charge in [0, 0.05) is 11.8 Å². The summed E-state index contributed by atoms with van der Waals surface area (Å²) >= 11 is 0. The van der Waals surface area contributed by atoms with E-state index in [1.54, 1.807) is 36.4 Å². The van der Waals surface area contributed by atoms with Crippen molar-refractivity contribution in [1.82, 2.24) is 0 Å². The third-order valence-corrected chi connectivity index (χ3v) is 4.64. The molecule has 0 saturated carbocycles. The summed E-state index contributed by atoms with van der Waals surface area (Å²) in [7, 11) is 0. The Morgan fingerprint density at radius 2 is 1.79 bits per heavy atom. The summed E-state index contributed by atoms with van der Waals surface area (Å²) in [6, 6.07) is 24.2. The van der Waals surface area contributed by atoms with Crippen LogP contribution in [0.15, 0.2) is 78.4 Å². The lowest BCUT2D eigenvalue weighted by atomic mass is 10.1. The first kappa shape index (κ1) is 24.4. The van der Waals surface area contributed by atoms with Crippen molar-refractivity contribution in [2.24, 2.45) is 0 Å². The van der Waals surface area contributed by atoms with Crippen LogP contribution in [0.3, 0.4) is 0 Å². The Morgan fingerprint density at radius 1 is 1.00 bits per heavy atom. The standard InChI is InChI=1S/C28H28N2O4/c1-4-32-27-16-22(13-14-26(27)33-19-21-9-6-5-7-10-21)15-23(18-29)28(31)30-24-11-8-12-25(17-24)34-20(2)3/h5-17,20H,4,19H2,1-3H3,(H,30,31)/b23-15-. The highest BCUT2D eigenvalue weighted by Crippen LogP contribution is 2.30. The lowest BCUT2D eigenvalue weighted by Crippen LogP contribution is -2.13.